The number of hydrogen-bond acceptors (Lipinski definition) is 6. The van der Waals surface area contributed by atoms with Gasteiger partial charge < -0.3 is 19.5 Å². The Labute approximate surface area is 161 Å². The first-order chi connectivity index (χ1) is 12.8. The number of ketones is 1. The number of nitrogens with one attached hydrogen (secondary N) is 1. The van der Waals surface area contributed by atoms with Gasteiger partial charge in [0, 0.05) is 18.2 Å². The molecule has 0 aliphatic heterocycles. The number of Topliss-reactive ketones (excluding diaryl/α,β-unsaturated/α-hetero) is 1. The Morgan fingerprint density at radius 1 is 1.00 bits per heavy atom. The number of hydrogen-bond donors (Lipinski definition) is 1. The Morgan fingerprint density at radius 2 is 1.67 bits per heavy atom. The van der Waals surface area contributed by atoms with E-state index in [4.69, 9.17) is 25.8 Å². The zero-order valence-electron chi connectivity index (χ0n) is 15.0. The lowest BCUT2D eigenvalue weighted by Crippen LogP contribution is -2.14. The van der Waals surface area contributed by atoms with E-state index in [0.29, 0.717) is 17.0 Å². The first-order valence-electron chi connectivity index (χ1n) is 7.85. The van der Waals surface area contributed by atoms with Gasteiger partial charge >= 0.3 is 5.97 Å². The molecular weight excluding hydrogens is 374 g/mol. The number of amides is 1. The molecule has 2 aromatic rings. The number of methoxy groups -OCH3 is 2. The molecule has 1 N–H and O–H groups in total. The van der Waals surface area contributed by atoms with Gasteiger partial charge in [-0.1, -0.05) is 11.6 Å². The summed E-state index contributed by atoms with van der Waals surface area (Å²) < 4.78 is 15.3. The smallest absolute Gasteiger partial charge is 0.338 e. The average Bonchev–Trinajstić information content (AvgIpc) is 2.65. The second-order valence-electron chi connectivity index (χ2n) is 5.45. The number of benzene rings is 2. The van der Waals surface area contributed by atoms with Gasteiger partial charge in [0.2, 0.25) is 5.91 Å². The molecule has 0 aliphatic carbocycles. The van der Waals surface area contributed by atoms with Crippen molar-refractivity contribution in [2.24, 2.45) is 0 Å². The number of carbonyl (C=O) groups excluding carboxylic acids is 3. The highest BCUT2D eigenvalue weighted by Crippen LogP contribution is 2.36. The van der Waals surface area contributed by atoms with E-state index in [9.17, 15) is 14.4 Å². The topological polar surface area (TPSA) is 90.9 Å². The molecule has 0 unspecified atom stereocenters. The summed E-state index contributed by atoms with van der Waals surface area (Å²) in [4.78, 5) is 35.4. The van der Waals surface area contributed by atoms with Gasteiger partial charge in [-0.05, 0) is 36.4 Å². The van der Waals surface area contributed by atoms with Crippen molar-refractivity contribution in [1.82, 2.24) is 0 Å². The summed E-state index contributed by atoms with van der Waals surface area (Å²) in [7, 11) is 2.84. The van der Waals surface area contributed by atoms with Gasteiger partial charge in [-0.2, -0.15) is 0 Å². The van der Waals surface area contributed by atoms with E-state index in [-0.39, 0.29) is 28.0 Å². The van der Waals surface area contributed by atoms with E-state index >= 15 is 0 Å². The van der Waals surface area contributed by atoms with Crippen LogP contribution in [-0.4, -0.2) is 38.5 Å². The highest BCUT2D eigenvalue weighted by Gasteiger charge is 2.17. The number of halogens is 1. The van der Waals surface area contributed by atoms with Crippen LogP contribution in [0.15, 0.2) is 36.4 Å². The van der Waals surface area contributed by atoms with Crippen molar-refractivity contribution >= 4 is 34.9 Å². The minimum Gasteiger partial charge on any atom is -0.493 e. The molecule has 0 saturated heterocycles. The lowest BCUT2D eigenvalue weighted by molar-refractivity contribution is -0.114. The summed E-state index contributed by atoms with van der Waals surface area (Å²) in [6.45, 7) is 0.948. The zero-order chi connectivity index (χ0) is 20.0. The third-order valence-electron chi connectivity index (χ3n) is 3.53. The van der Waals surface area contributed by atoms with Crippen molar-refractivity contribution < 1.29 is 28.6 Å². The molecule has 0 heterocycles. The summed E-state index contributed by atoms with van der Waals surface area (Å²) in [6.07, 6.45) is 0. The van der Waals surface area contributed by atoms with Gasteiger partial charge in [-0.25, -0.2) is 4.79 Å². The van der Waals surface area contributed by atoms with Crippen LogP contribution in [0.3, 0.4) is 0 Å². The largest absolute Gasteiger partial charge is 0.493 e. The Kier molecular flexibility index (Phi) is 6.79. The molecule has 0 aliphatic rings. The van der Waals surface area contributed by atoms with Crippen molar-refractivity contribution in [2.45, 2.75) is 6.92 Å². The molecule has 0 radical (unpaired) electrons. The van der Waals surface area contributed by atoms with Gasteiger partial charge in [0.05, 0.1) is 24.8 Å². The fourth-order valence-corrected chi connectivity index (χ4v) is 2.56. The maximum atomic E-state index is 12.2. The van der Waals surface area contributed by atoms with Gasteiger partial charge in [-0.15, -0.1) is 0 Å². The summed E-state index contributed by atoms with van der Waals surface area (Å²) in [5.41, 5.74) is 1.05. The van der Waals surface area contributed by atoms with Gasteiger partial charge in [-0.3, -0.25) is 9.59 Å². The molecule has 142 valence electrons. The quantitative estimate of drug-likeness (QED) is 0.575. The van der Waals surface area contributed by atoms with Crippen LogP contribution in [0.4, 0.5) is 5.69 Å². The van der Waals surface area contributed by atoms with Crippen molar-refractivity contribution in [3.05, 3.63) is 52.5 Å². The summed E-state index contributed by atoms with van der Waals surface area (Å²) in [5, 5.41) is 2.78. The number of esters is 1. The van der Waals surface area contributed by atoms with Crippen LogP contribution in [-0.2, 0) is 9.53 Å². The first kappa shape index (κ1) is 20.3. The molecule has 7 nitrogen and oxygen atoms in total. The second kappa shape index (κ2) is 9.05. The lowest BCUT2D eigenvalue weighted by atomic mass is 10.1. The monoisotopic (exact) mass is 391 g/mol. The van der Waals surface area contributed by atoms with E-state index in [1.54, 1.807) is 12.1 Å². The number of anilines is 1. The van der Waals surface area contributed by atoms with Crippen molar-refractivity contribution in [3.8, 4) is 11.5 Å². The Hall–Kier alpha value is -3.06. The van der Waals surface area contributed by atoms with Crippen LogP contribution >= 0.6 is 11.6 Å². The van der Waals surface area contributed by atoms with E-state index in [2.05, 4.69) is 5.32 Å². The predicted octanol–water partition coefficient (Wildman–Crippen LogP) is 3.36. The van der Waals surface area contributed by atoms with Crippen LogP contribution in [0.2, 0.25) is 5.02 Å². The molecule has 1 amide bonds. The highest BCUT2D eigenvalue weighted by atomic mass is 35.5. The fourth-order valence-electron chi connectivity index (χ4n) is 2.28. The van der Waals surface area contributed by atoms with Crippen molar-refractivity contribution in [1.29, 1.82) is 0 Å². The molecule has 0 spiro atoms. The molecule has 2 rings (SSSR count). The molecule has 0 saturated carbocycles. The standard InChI is InChI=1S/C19H18ClNO6/c1-11(22)21-14-6-4-12(5-7-14)16(23)10-27-19(24)13-8-15(20)18(26-3)17(9-13)25-2/h4-9H,10H2,1-3H3,(H,21,22). The maximum Gasteiger partial charge on any atom is 0.338 e. The van der Waals surface area contributed by atoms with Crippen LogP contribution in [0.25, 0.3) is 0 Å². The average molecular weight is 392 g/mol. The molecule has 27 heavy (non-hydrogen) atoms. The van der Waals surface area contributed by atoms with Crippen LogP contribution in [0.5, 0.6) is 11.5 Å². The Balaban J connectivity index is 2.03. The normalized spacial score (nSPS) is 10.1. The van der Waals surface area contributed by atoms with Gasteiger partial charge in [0.15, 0.2) is 23.9 Å². The number of carbonyl (C=O) groups is 3. The fraction of sp³-hybridized carbons (Fsp3) is 0.211. The summed E-state index contributed by atoms with van der Waals surface area (Å²) >= 11 is 6.06. The number of ether oxygens (including phenoxy) is 3. The van der Waals surface area contributed by atoms with Crippen molar-refractivity contribution in [3.63, 3.8) is 0 Å². The summed E-state index contributed by atoms with van der Waals surface area (Å²) in [6, 6.07) is 9.04. The molecule has 8 heteroatoms. The predicted molar refractivity (Wildman–Crippen MR) is 99.9 cm³/mol. The molecule has 0 atom stereocenters. The zero-order valence-corrected chi connectivity index (χ0v) is 15.8. The van der Waals surface area contributed by atoms with Gasteiger partial charge in [0.25, 0.3) is 0 Å². The molecule has 0 fully saturated rings. The van der Waals surface area contributed by atoms with Crippen LogP contribution < -0.4 is 14.8 Å². The Bertz CT molecular complexity index is 863. The lowest BCUT2D eigenvalue weighted by Gasteiger charge is -2.11. The minimum atomic E-state index is -0.721. The van der Waals surface area contributed by atoms with E-state index < -0.39 is 12.6 Å². The molecular formula is C19H18ClNO6. The SMILES string of the molecule is COc1cc(C(=O)OCC(=O)c2ccc(NC(C)=O)cc2)cc(Cl)c1OC. The van der Waals surface area contributed by atoms with E-state index in [0.717, 1.165) is 0 Å². The second-order valence-corrected chi connectivity index (χ2v) is 5.86. The third-order valence-corrected chi connectivity index (χ3v) is 3.81. The number of rotatable bonds is 7. The molecule has 2 aromatic carbocycles. The molecule has 0 bridgehead atoms. The summed E-state index contributed by atoms with van der Waals surface area (Å²) in [5.74, 6) is -0.746. The van der Waals surface area contributed by atoms with Gasteiger partial charge in [0.1, 0.15) is 0 Å². The maximum absolute atomic E-state index is 12.2. The van der Waals surface area contributed by atoms with Crippen molar-refractivity contribution in [2.75, 3.05) is 26.1 Å². The van der Waals surface area contributed by atoms with Crippen LogP contribution in [0, 0.1) is 0 Å². The third kappa shape index (κ3) is 5.21. The highest BCUT2D eigenvalue weighted by molar-refractivity contribution is 6.32. The molecule has 0 aromatic heterocycles. The van der Waals surface area contributed by atoms with Crippen LogP contribution in [0.1, 0.15) is 27.6 Å². The Morgan fingerprint density at radius 3 is 2.22 bits per heavy atom. The first-order valence-corrected chi connectivity index (χ1v) is 8.23. The van der Waals surface area contributed by atoms with E-state index in [1.165, 1.54) is 45.4 Å². The van der Waals surface area contributed by atoms with E-state index in [1.807, 2.05) is 0 Å². The minimum absolute atomic E-state index is 0.131.